The number of carbonyl (C=O) groups is 2. The van der Waals surface area contributed by atoms with Crippen LogP contribution < -0.4 is 15.6 Å². The average Bonchev–Trinajstić information content (AvgIpc) is 2.56. The maximum absolute atomic E-state index is 12.0. The molecule has 7 heteroatoms. The Balaban J connectivity index is 2.05. The lowest BCUT2D eigenvalue weighted by molar-refractivity contribution is -0.116. The monoisotopic (exact) mass is 316 g/mol. The molecule has 2 aromatic rings. The Morgan fingerprint density at radius 2 is 1.83 bits per heavy atom. The van der Waals surface area contributed by atoms with Crippen LogP contribution >= 0.6 is 0 Å². The number of ether oxygens (including phenoxy) is 2. The number of pyridine rings is 1. The average molecular weight is 316 g/mol. The molecule has 0 aliphatic heterocycles. The first-order valence-corrected chi connectivity index (χ1v) is 6.77. The highest BCUT2D eigenvalue weighted by molar-refractivity contribution is 5.92. The Morgan fingerprint density at radius 3 is 2.43 bits per heavy atom. The third-order valence-corrected chi connectivity index (χ3v) is 3.11. The van der Waals surface area contributed by atoms with Crippen molar-refractivity contribution in [2.24, 2.45) is 0 Å². The van der Waals surface area contributed by atoms with Crippen molar-refractivity contribution in [1.82, 2.24) is 4.57 Å². The second-order valence-electron chi connectivity index (χ2n) is 4.63. The predicted octanol–water partition coefficient (Wildman–Crippen LogP) is 1.28. The zero-order valence-electron chi connectivity index (χ0n) is 12.7. The smallest absolute Gasteiger partial charge is 0.337 e. The molecule has 0 aliphatic rings. The van der Waals surface area contributed by atoms with Gasteiger partial charge in [0, 0.05) is 11.9 Å². The molecule has 0 atom stereocenters. The molecule has 120 valence electrons. The first-order chi connectivity index (χ1) is 11.0. The third kappa shape index (κ3) is 3.97. The van der Waals surface area contributed by atoms with Crippen molar-refractivity contribution in [3.63, 3.8) is 0 Å². The Kier molecular flexibility index (Phi) is 5.14. The van der Waals surface area contributed by atoms with E-state index in [0.717, 1.165) is 0 Å². The van der Waals surface area contributed by atoms with Crippen molar-refractivity contribution in [2.75, 3.05) is 19.5 Å². The van der Waals surface area contributed by atoms with E-state index in [1.165, 1.54) is 31.0 Å². The fourth-order valence-electron chi connectivity index (χ4n) is 1.96. The number of anilines is 1. The van der Waals surface area contributed by atoms with Gasteiger partial charge in [-0.1, -0.05) is 0 Å². The van der Waals surface area contributed by atoms with Crippen LogP contribution in [0.25, 0.3) is 0 Å². The van der Waals surface area contributed by atoms with Gasteiger partial charge in [0.2, 0.25) is 5.91 Å². The largest absolute Gasteiger partial charge is 0.491 e. The summed E-state index contributed by atoms with van der Waals surface area (Å²) in [5, 5.41) is 2.65. The zero-order valence-corrected chi connectivity index (χ0v) is 12.7. The maximum Gasteiger partial charge on any atom is 0.337 e. The molecule has 0 radical (unpaired) electrons. The van der Waals surface area contributed by atoms with Crippen molar-refractivity contribution in [1.29, 1.82) is 0 Å². The molecule has 0 unspecified atom stereocenters. The number of methoxy groups -OCH3 is 2. The van der Waals surface area contributed by atoms with Crippen molar-refractivity contribution in [2.45, 2.75) is 6.54 Å². The number of nitrogens with one attached hydrogen (secondary N) is 1. The van der Waals surface area contributed by atoms with Crippen LogP contribution in [0.15, 0.2) is 47.4 Å². The minimum atomic E-state index is -0.453. The minimum absolute atomic E-state index is 0.144. The quantitative estimate of drug-likeness (QED) is 0.840. The number of carbonyl (C=O) groups excluding carboxylic acids is 2. The van der Waals surface area contributed by atoms with Crippen LogP contribution in [0.5, 0.6) is 5.75 Å². The summed E-state index contributed by atoms with van der Waals surface area (Å²) in [5.74, 6) is -0.653. The van der Waals surface area contributed by atoms with E-state index in [0.29, 0.717) is 11.3 Å². The Labute approximate surface area is 132 Å². The van der Waals surface area contributed by atoms with E-state index in [9.17, 15) is 14.4 Å². The van der Waals surface area contributed by atoms with E-state index in [1.807, 2.05) is 0 Å². The van der Waals surface area contributed by atoms with Gasteiger partial charge in [-0.3, -0.25) is 9.59 Å². The molecule has 1 N–H and O–H groups in total. The molecule has 0 saturated carbocycles. The maximum atomic E-state index is 12.0. The number of amides is 1. The second-order valence-corrected chi connectivity index (χ2v) is 4.63. The standard InChI is InChI=1S/C16H16N2O5/c1-22-13-4-3-9-18(15(13)20)10-14(19)17-12-7-5-11(6-8-12)16(21)23-2/h3-9H,10H2,1-2H3,(H,17,19). The van der Waals surface area contributed by atoms with Crippen LogP contribution in [0, 0.1) is 0 Å². The predicted molar refractivity (Wildman–Crippen MR) is 83.7 cm³/mol. The summed E-state index contributed by atoms with van der Waals surface area (Å²) in [5.41, 5.74) is 0.513. The lowest BCUT2D eigenvalue weighted by atomic mass is 10.2. The van der Waals surface area contributed by atoms with Crippen LogP contribution in [0.2, 0.25) is 0 Å². The summed E-state index contributed by atoms with van der Waals surface area (Å²) >= 11 is 0. The van der Waals surface area contributed by atoms with Crippen molar-refractivity contribution in [3.8, 4) is 5.75 Å². The summed E-state index contributed by atoms with van der Waals surface area (Å²) in [7, 11) is 2.69. The molecule has 23 heavy (non-hydrogen) atoms. The molecule has 1 aromatic heterocycles. The summed E-state index contributed by atoms with van der Waals surface area (Å²) in [6, 6.07) is 9.40. The Hall–Kier alpha value is -3.09. The van der Waals surface area contributed by atoms with E-state index in [1.54, 1.807) is 30.3 Å². The van der Waals surface area contributed by atoms with E-state index in [4.69, 9.17) is 4.74 Å². The Morgan fingerprint density at radius 1 is 1.13 bits per heavy atom. The van der Waals surface area contributed by atoms with Gasteiger partial charge in [-0.2, -0.15) is 0 Å². The van der Waals surface area contributed by atoms with Gasteiger partial charge in [0.1, 0.15) is 6.54 Å². The van der Waals surface area contributed by atoms with Gasteiger partial charge in [-0.05, 0) is 36.4 Å². The van der Waals surface area contributed by atoms with Gasteiger partial charge in [-0.15, -0.1) is 0 Å². The normalized spacial score (nSPS) is 10.0. The van der Waals surface area contributed by atoms with Crippen molar-refractivity contribution < 1.29 is 19.1 Å². The van der Waals surface area contributed by atoms with Gasteiger partial charge in [0.25, 0.3) is 5.56 Å². The van der Waals surface area contributed by atoms with Crippen LogP contribution in [-0.2, 0) is 16.1 Å². The highest BCUT2D eigenvalue weighted by Gasteiger charge is 2.09. The Bertz CT molecular complexity index is 765. The molecule has 2 rings (SSSR count). The molecule has 0 spiro atoms. The number of hydrogen-bond acceptors (Lipinski definition) is 5. The van der Waals surface area contributed by atoms with E-state index < -0.39 is 5.97 Å². The molecule has 7 nitrogen and oxygen atoms in total. The van der Waals surface area contributed by atoms with Crippen LogP contribution in [0.3, 0.4) is 0 Å². The van der Waals surface area contributed by atoms with E-state index in [2.05, 4.69) is 10.1 Å². The molecule has 0 saturated heterocycles. The second kappa shape index (κ2) is 7.26. The molecule has 1 heterocycles. The number of nitrogens with zero attached hydrogens (tertiary/aromatic N) is 1. The zero-order chi connectivity index (χ0) is 16.8. The number of hydrogen-bond donors (Lipinski definition) is 1. The van der Waals surface area contributed by atoms with Gasteiger partial charge in [-0.25, -0.2) is 4.79 Å². The summed E-state index contributed by atoms with van der Waals surface area (Å²) in [4.78, 5) is 35.3. The van der Waals surface area contributed by atoms with Gasteiger partial charge >= 0.3 is 5.97 Å². The highest BCUT2D eigenvalue weighted by Crippen LogP contribution is 2.10. The highest BCUT2D eigenvalue weighted by atomic mass is 16.5. The van der Waals surface area contributed by atoms with Crippen molar-refractivity contribution in [3.05, 3.63) is 58.5 Å². The number of aromatic nitrogens is 1. The lowest BCUT2D eigenvalue weighted by Crippen LogP contribution is -2.27. The number of rotatable bonds is 5. The molecular formula is C16H16N2O5. The van der Waals surface area contributed by atoms with E-state index >= 15 is 0 Å². The molecule has 1 aromatic carbocycles. The fourth-order valence-corrected chi connectivity index (χ4v) is 1.96. The lowest BCUT2D eigenvalue weighted by Gasteiger charge is -2.09. The minimum Gasteiger partial charge on any atom is -0.491 e. The number of benzene rings is 1. The first-order valence-electron chi connectivity index (χ1n) is 6.77. The summed E-state index contributed by atoms with van der Waals surface area (Å²) in [6.07, 6.45) is 1.50. The van der Waals surface area contributed by atoms with Crippen LogP contribution in [0.1, 0.15) is 10.4 Å². The third-order valence-electron chi connectivity index (χ3n) is 3.11. The summed E-state index contributed by atoms with van der Waals surface area (Å²) < 4.78 is 10.8. The van der Waals surface area contributed by atoms with Crippen LogP contribution in [-0.4, -0.2) is 30.7 Å². The molecular weight excluding hydrogens is 300 g/mol. The SMILES string of the molecule is COC(=O)c1ccc(NC(=O)Cn2cccc(OC)c2=O)cc1. The number of esters is 1. The van der Waals surface area contributed by atoms with Gasteiger partial charge in [0.15, 0.2) is 5.75 Å². The molecule has 0 bridgehead atoms. The molecule has 0 fully saturated rings. The van der Waals surface area contributed by atoms with Crippen LogP contribution in [0.4, 0.5) is 5.69 Å². The van der Waals surface area contributed by atoms with Crippen molar-refractivity contribution >= 4 is 17.6 Å². The molecule has 0 aliphatic carbocycles. The first kappa shape index (κ1) is 16.3. The fraction of sp³-hybridized carbons (Fsp3) is 0.188. The van der Waals surface area contributed by atoms with E-state index in [-0.39, 0.29) is 23.8 Å². The van der Waals surface area contributed by atoms with Gasteiger partial charge in [0.05, 0.1) is 19.8 Å². The topological polar surface area (TPSA) is 86.6 Å². The molecule has 1 amide bonds. The van der Waals surface area contributed by atoms with Gasteiger partial charge < -0.3 is 19.4 Å². The summed E-state index contributed by atoms with van der Waals surface area (Å²) in [6.45, 7) is -0.144.